The van der Waals surface area contributed by atoms with Crippen molar-refractivity contribution in [3.8, 4) is 0 Å². The Labute approximate surface area is 159 Å². The zero-order valence-electron chi connectivity index (χ0n) is 15.0. The molecule has 1 aliphatic heterocycles. The second-order valence-electron chi connectivity index (χ2n) is 6.50. The van der Waals surface area contributed by atoms with Crippen molar-refractivity contribution in [3.05, 3.63) is 60.2 Å². The molecule has 3 rings (SSSR count). The Hall–Kier alpha value is -2.42. The third-order valence-electron chi connectivity index (χ3n) is 4.72. The third kappa shape index (κ3) is 4.13. The molecule has 0 saturated carbocycles. The molecule has 1 fully saturated rings. The molecule has 8 heteroatoms. The predicted molar refractivity (Wildman–Crippen MR) is 103 cm³/mol. The van der Waals surface area contributed by atoms with Crippen molar-refractivity contribution in [2.75, 3.05) is 31.0 Å². The van der Waals surface area contributed by atoms with Crippen LogP contribution in [0.15, 0.2) is 59.5 Å². The molecule has 0 radical (unpaired) electrons. The van der Waals surface area contributed by atoms with Crippen molar-refractivity contribution >= 4 is 21.6 Å². The number of carbonyl (C=O) groups is 1. The zero-order chi connectivity index (χ0) is 19.4. The largest absolute Gasteiger partial charge is 0.391 e. The van der Waals surface area contributed by atoms with Gasteiger partial charge >= 0.3 is 0 Å². The molecule has 27 heavy (non-hydrogen) atoms. The highest BCUT2D eigenvalue weighted by Crippen LogP contribution is 2.24. The van der Waals surface area contributed by atoms with Gasteiger partial charge in [0, 0.05) is 32.6 Å². The van der Waals surface area contributed by atoms with Gasteiger partial charge in [-0.15, -0.1) is 0 Å². The van der Waals surface area contributed by atoms with Gasteiger partial charge in [-0.25, -0.2) is 8.42 Å². The minimum atomic E-state index is -3.91. The van der Waals surface area contributed by atoms with Crippen LogP contribution in [0.4, 0.5) is 5.69 Å². The van der Waals surface area contributed by atoms with Crippen molar-refractivity contribution in [1.82, 2.24) is 10.6 Å². The molecule has 0 spiro atoms. The van der Waals surface area contributed by atoms with Crippen molar-refractivity contribution in [3.63, 3.8) is 0 Å². The van der Waals surface area contributed by atoms with Crippen LogP contribution < -0.4 is 14.9 Å². The van der Waals surface area contributed by atoms with Crippen LogP contribution in [-0.2, 0) is 10.0 Å². The molecule has 0 aromatic heterocycles. The minimum absolute atomic E-state index is 0.0565. The molecule has 0 aliphatic carbocycles. The van der Waals surface area contributed by atoms with Gasteiger partial charge in [0.15, 0.2) is 0 Å². The summed E-state index contributed by atoms with van der Waals surface area (Å²) in [6.45, 7) is 1.38. The van der Waals surface area contributed by atoms with E-state index in [2.05, 4.69) is 10.6 Å². The molecule has 2 atom stereocenters. The molecular formula is C19H23N3O4S. The summed E-state index contributed by atoms with van der Waals surface area (Å²) < 4.78 is 27.3. The number of para-hydroxylation sites is 1. The van der Waals surface area contributed by atoms with E-state index < -0.39 is 22.0 Å². The molecule has 1 amide bonds. The van der Waals surface area contributed by atoms with Crippen molar-refractivity contribution in [2.24, 2.45) is 5.92 Å². The Balaban J connectivity index is 1.83. The fourth-order valence-electron chi connectivity index (χ4n) is 3.05. The second kappa shape index (κ2) is 8.08. The molecule has 2 aromatic rings. The summed E-state index contributed by atoms with van der Waals surface area (Å²) >= 11 is 0. The van der Waals surface area contributed by atoms with Crippen LogP contribution in [0.2, 0.25) is 0 Å². The number of carbonyl (C=O) groups excluding carboxylic acids is 1. The maximum atomic E-state index is 13.1. The summed E-state index contributed by atoms with van der Waals surface area (Å²) in [5.74, 6) is -0.570. The highest BCUT2D eigenvalue weighted by atomic mass is 32.2. The molecule has 7 nitrogen and oxygen atoms in total. The first-order chi connectivity index (χ1) is 12.9. The van der Waals surface area contributed by atoms with E-state index in [-0.39, 0.29) is 22.9 Å². The second-order valence-corrected chi connectivity index (χ2v) is 8.44. The molecule has 1 heterocycles. The number of nitrogens with zero attached hydrogens (tertiary/aromatic N) is 1. The van der Waals surface area contributed by atoms with E-state index in [1.54, 1.807) is 42.5 Å². The molecule has 1 aliphatic rings. The molecule has 3 N–H and O–H groups in total. The van der Waals surface area contributed by atoms with E-state index in [4.69, 9.17) is 0 Å². The highest BCUT2D eigenvalue weighted by molar-refractivity contribution is 7.92. The maximum absolute atomic E-state index is 13.1. The van der Waals surface area contributed by atoms with E-state index in [0.717, 1.165) is 4.31 Å². The number of nitrogens with one attached hydrogen (secondary N) is 2. The SMILES string of the molecule is CN(c1ccccc1)S(=O)(=O)c1ccccc1C(=O)NCC1CNCC1O. The molecule has 1 saturated heterocycles. The number of rotatable bonds is 6. The lowest BCUT2D eigenvalue weighted by molar-refractivity contribution is 0.0924. The van der Waals surface area contributed by atoms with Crippen molar-refractivity contribution in [1.29, 1.82) is 0 Å². The van der Waals surface area contributed by atoms with Crippen LogP contribution in [0, 0.1) is 5.92 Å². The van der Waals surface area contributed by atoms with E-state index in [9.17, 15) is 18.3 Å². The van der Waals surface area contributed by atoms with Gasteiger partial charge in [0.1, 0.15) is 4.90 Å². The Morgan fingerprint density at radius 3 is 2.48 bits per heavy atom. The van der Waals surface area contributed by atoms with Gasteiger partial charge in [-0.05, 0) is 24.3 Å². The van der Waals surface area contributed by atoms with Crippen LogP contribution in [-0.4, -0.2) is 52.2 Å². The highest BCUT2D eigenvalue weighted by Gasteiger charge is 2.28. The number of β-amino-alcohol motifs (C(OH)–C–C–N with tert-alkyl or cyclic N) is 1. The van der Waals surface area contributed by atoms with Crippen molar-refractivity contribution < 1.29 is 18.3 Å². The first-order valence-electron chi connectivity index (χ1n) is 8.71. The van der Waals surface area contributed by atoms with Gasteiger partial charge < -0.3 is 15.7 Å². The number of anilines is 1. The summed E-state index contributed by atoms with van der Waals surface area (Å²) in [5.41, 5.74) is 0.591. The van der Waals surface area contributed by atoms with Crippen LogP contribution >= 0.6 is 0 Å². The van der Waals surface area contributed by atoms with Crippen LogP contribution in [0.1, 0.15) is 10.4 Å². The Kier molecular flexibility index (Phi) is 5.79. The average molecular weight is 389 g/mol. The summed E-state index contributed by atoms with van der Waals surface area (Å²) in [4.78, 5) is 12.6. The number of benzene rings is 2. The number of sulfonamides is 1. The molecular weight excluding hydrogens is 366 g/mol. The maximum Gasteiger partial charge on any atom is 0.264 e. The molecule has 0 bridgehead atoms. The third-order valence-corrected chi connectivity index (χ3v) is 6.56. The van der Waals surface area contributed by atoms with Gasteiger partial charge in [-0.3, -0.25) is 9.10 Å². The monoisotopic (exact) mass is 389 g/mol. The first-order valence-corrected chi connectivity index (χ1v) is 10.2. The number of hydrogen-bond acceptors (Lipinski definition) is 5. The summed E-state index contributed by atoms with van der Waals surface area (Å²) in [6.07, 6.45) is -0.520. The van der Waals surface area contributed by atoms with Crippen LogP contribution in [0.5, 0.6) is 0 Å². The minimum Gasteiger partial charge on any atom is -0.391 e. The number of amides is 1. The van der Waals surface area contributed by atoms with Gasteiger partial charge in [0.05, 0.1) is 17.4 Å². The lowest BCUT2D eigenvalue weighted by Gasteiger charge is -2.21. The van der Waals surface area contributed by atoms with Gasteiger partial charge in [0.25, 0.3) is 15.9 Å². The molecule has 2 unspecified atom stereocenters. The van der Waals surface area contributed by atoms with E-state index in [0.29, 0.717) is 18.8 Å². The number of aliphatic hydroxyl groups is 1. The Morgan fingerprint density at radius 2 is 1.81 bits per heavy atom. The van der Waals surface area contributed by atoms with E-state index in [1.807, 2.05) is 0 Å². The van der Waals surface area contributed by atoms with Gasteiger partial charge in [-0.2, -0.15) is 0 Å². The standard InChI is InChI=1S/C19H23N3O4S/c1-22(15-7-3-2-4-8-15)27(25,26)18-10-6-5-9-16(18)19(24)21-12-14-11-20-13-17(14)23/h2-10,14,17,20,23H,11-13H2,1H3,(H,21,24). The Morgan fingerprint density at radius 1 is 1.15 bits per heavy atom. The first kappa shape index (κ1) is 19.3. The van der Waals surface area contributed by atoms with Crippen molar-refractivity contribution in [2.45, 2.75) is 11.0 Å². The van der Waals surface area contributed by atoms with Crippen LogP contribution in [0.25, 0.3) is 0 Å². The molecule has 144 valence electrons. The van der Waals surface area contributed by atoms with E-state index in [1.165, 1.54) is 19.2 Å². The fourth-order valence-corrected chi connectivity index (χ4v) is 4.43. The average Bonchev–Trinajstić information content (AvgIpc) is 3.11. The lowest BCUT2D eigenvalue weighted by atomic mass is 10.1. The van der Waals surface area contributed by atoms with Gasteiger partial charge in [0.2, 0.25) is 0 Å². The molecule has 2 aromatic carbocycles. The van der Waals surface area contributed by atoms with Gasteiger partial charge in [-0.1, -0.05) is 30.3 Å². The quantitative estimate of drug-likeness (QED) is 0.680. The summed E-state index contributed by atoms with van der Waals surface area (Å²) in [6, 6.07) is 14.8. The smallest absolute Gasteiger partial charge is 0.264 e. The Bertz CT molecular complexity index is 902. The topological polar surface area (TPSA) is 98.7 Å². The number of hydrogen-bond donors (Lipinski definition) is 3. The van der Waals surface area contributed by atoms with E-state index >= 15 is 0 Å². The zero-order valence-corrected chi connectivity index (χ0v) is 15.8. The summed E-state index contributed by atoms with van der Waals surface area (Å²) in [5, 5.41) is 15.6. The fraction of sp³-hybridized carbons (Fsp3) is 0.316. The van der Waals surface area contributed by atoms with Crippen LogP contribution in [0.3, 0.4) is 0 Å². The lowest BCUT2D eigenvalue weighted by Crippen LogP contribution is -2.36. The number of aliphatic hydroxyl groups excluding tert-OH is 1. The normalized spacial score (nSPS) is 19.6. The predicted octanol–water partition coefficient (Wildman–Crippen LogP) is 0.822. The summed E-state index contributed by atoms with van der Waals surface area (Å²) in [7, 11) is -2.45.